The lowest BCUT2D eigenvalue weighted by Gasteiger charge is -2.17. The van der Waals surface area contributed by atoms with Gasteiger partial charge in [0.25, 0.3) is 0 Å². The summed E-state index contributed by atoms with van der Waals surface area (Å²) < 4.78 is 20.1. The van der Waals surface area contributed by atoms with Gasteiger partial charge in [-0.25, -0.2) is 4.79 Å². The third-order valence-corrected chi connectivity index (χ3v) is 1.77. The fourth-order valence-electron chi connectivity index (χ4n) is 0.950. The molecule has 2 atom stereocenters. The smallest absolute Gasteiger partial charge is 0.342 e. The molecular formula is C7H15N2O4S-. The van der Waals surface area contributed by atoms with E-state index < -0.39 is 23.3 Å². The Morgan fingerprint density at radius 3 is 2.50 bits per heavy atom. The van der Waals surface area contributed by atoms with E-state index in [4.69, 9.17) is 0 Å². The summed E-state index contributed by atoms with van der Waals surface area (Å²) in [5.41, 5.74) is 0. The minimum Gasteiger partial charge on any atom is -0.758 e. The Bertz CT molecular complexity index is 210. The third-order valence-electron chi connectivity index (χ3n) is 1.55. The van der Waals surface area contributed by atoms with Crippen molar-refractivity contribution in [1.29, 1.82) is 0 Å². The number of carbonyl (C=O) groups excluding carboxylic acids is 1. The van der Waals surface area contributed by atoms with Crippen LogP contribution in [0.25, 0.3) is 0 Å². The first-order valence-corrected chi connectivity index (χ1v) is 5.27. The van der Waals surface area contributed by atoms with E-state index in [-0.39, 0.29) is 0 Å². The molecule has 0 bridgehead atoms. The molecule has 0 aliphatic rings. The number of hydrogen-bond donors (Lipinski definition) is 2. The van der Waals surface area contributed by atoms with Crippen LogP contribution >= 0.6 is 0 Å². The van der Waals surface area contributed by atoms with Gasteiger partial charge in [0.05, 0.1) is 11.3 Å². The minimum absolute atomic E-state index is 0.317. The van der Waals surface area contributed by atoms with Crippen LogP contribution in [0.4, 0.5) is 0 Å². The molecule has 0 aromatic carbocycles. The molecule has 6 nitrogen and oxygen atoms in total. The fraction of sp³-hybridized carbons (Fsp3) is 0.857. The lowest BCUT2D eigenvalue weighted by molar-refractivity contribution is -0.150. The largest absolute Gasteiger partial charge is 0.758 e. The zero-order valence-corrected chi connectivity index (χ0v) is 9.22. The van der Waals surface area contributed by atoms with Gasteiger partial charge in [-0.05, 0) is 19.4 Å². The first kappa shape index (κ1) is 13.5. The molecule has 0 aromatic heterocycles. The molecule has 84 valence electrons. The molecule has 0 heterocycles. The molecule has 0 rings (SSSR count). The Labute approximate surface area is 85.8 Å². The van der Waals surface area contributed by atoms with Crippen LogP contribution in [0.5, 0.6) is 0 Å². The number of nitrogens with one attached hydrogen (secondary N) is 2. The molecule has 7 heteroatoms. The molecule has 0 aliphatic carbocycles. The monoisotopic (exact) mass is 223 g/mol. The number of rotatable bonds is 6. The summed E-state index contributed by atoms with van der Waals surface area (Å²) in [6, 6.07) is -0.494. The van der Waals surface area contributed by atoms with E-state index in [9.17, 15) is 13.6 Å². The topological polar surface area (TPSA) is 90.5 Å². The van der Waals surface area contributed by atoms with Crippen molar-refractivity contribution < 1.29 is 18.4 Å². The van der Waals surface area contributed by atoms with Crippen LogP contribution < -0.4 is 10.2 Å². The molecule has 14 heavy (non-hydrogen) atoms. The number of likely N-dealkylation sites (N-methyl/N-ethyl adjacent to an activating group) is 1. The van der Waals surface area contributed by atoms with Gasteiger partial charge in [0.1, 0.15) is 6.04 Å². The molecule has 2 N–H and O–H groups in total. The molecule has 0 radical (unpaired) electrons. The summed E-state index contributed by atoms with van der Waals surface area (Å²) in [5.74, 6) is -0.317. The van der Waals surface area contributed by atoms with Gasteiger partial charge < -0.3 is 14.7 Å². The average Bonchev–Trinajstić information content (AvgIpc) is 2.09. The fourth-order valence-corrected chi connectivity index (χ4v) is 1.10. The van der Waals surface area contributed by atoms with Crippen LogP contribution in [-0.2, 0) is 20.9 Å². The van der Waals surface area contributed by atoms with E-state index in [2.05, 4.69) is 10.2 Å². The summed E-state index contributed by atoms with van der Waals surface area (Å²) in [4.78, 5) is 17.0. The second kappa shape index (κ2) is 6.88. The molecule has 1 unspecified atom stereocenters. The Hall–Kier alpha value is -0.500. The highest BCUT2D eigenvalue weighted by Crippen LogP contribution is 2.05. The summed E-state index contributed by atoms with van der Waals surface area (Å²) >= 11 is -2.59. The van der Waals surface area contributed by atoms with Crippen molar-refractivity contribution >= 4 is 17.2 Å². The molecule has 0 saturated carbocycles. The van der Waals surface area contributed by atoms with Gasteiger partial charge in [0.2, 0.25) is 0 Å². The summed E-state index contributed by atoms with van der Waals surface area (Å²) in [6.07, 6.45) is 0.586. The van der Waals surface area contributed by atoms with Gasteiger partial charge in [0, 0.05) is 0 Å². The summed E-state index contributed by atoms with van der Waals surface area (Å²) in [6.45, 7) is 3.91. The molecule has 0 fully saturated rings. The number of hydrogen-bond acceptors (Lipinski definition) is 5. The second-order valence-electron chi connectivity index (χ2n) is 3.21. The molecule has 0 aromatic rings. The van der Waals surface area contributed by atoms with Crippen molar-refractivity contribution in [2.45, 2.75) is 26.3 Å². The highest BCUT2D eigenvalue weighted by molar-refractivity contribution is 7.76. The third kappa shape index (κ3) is 6.03. The van der Waals surface area contributed by atoms with Crippen LogP contribution in [0.15, 0.2) is 0 Å². The second-order valence-corrected chi connectivity index (χ2v) is 3.85. The van der Waals surface area contributed by atoms with Crippen LogP contribution in [-0.4, -0.2) is 27.8 Å². The van der Waals surface area contributed by atoms with Gasteiger partial charge in [0.15, 0.2) is 0 Å². The predicted molar refractivity (Wildman–Crippen MR) is 50.5 cm³/mol. The van der Waals surface area contributed by atoms with Gasteiger partial charge in [-0.2, -0.15) is 0 Å². The van der Waals surface area contributed by atoms with Crippen molar-refractivity contribution in [2.24, 2.45) is 5.92 Å². The lowest BCUT2D eigenvalue weighted by Crippen LogP contribution is -2.39. The summed E-state index contributed by atoms with van der Waals surface area (Å²) in [5, 5.41) is 2.74. The lowest BCUT2D eigenvalue weighted by atomic mass is 10.0. The molecular weight excluding hydrogens is 208 g/mol. The van der Waals surface area contributed by atoms with Crippen molar-refractivity contribution in [2.75, 3.05) is 7.05 Å². The van der Waals surface area contributed by atoms with E-state index in [0.717, 1.165) is 0 Å². The first-order chi connectivity index (χ1) is 6.47. The normalized spacial score (nSPS) is 15.2. The standard InChI is InChI=1S/C7H16N2O4S/c1-5(2)4-6(8-3)7(10)13-9-14(11)12/h5-6,8-9H,4H2,1-3H3,(H,11,12)/p-1/t6-/m0/s1. The Morgan fingerprint density at radius 1 is 1.57 bits per heavy atom. The van der Waals surface area contributed by atoms with E-state index in [1.54, 1.807) is 11.9 Å². The molecule has 0 saturated heterocycles. The van der Waals surface area contributed by atoms with Crippen LogP contribution in [0.2, 0.25) is 0 Å². The zero-order chi connectivity index (χ0) is 11.1. The van der Waals surface area contributed by atoms with Crippen molar-refractivity contribution in [3.63, 3.8) is 0 Å². The molecule has 0 aliphatic heterocycles. The SMILES string of the molecule is CN[C@@H](CC(C)C)C(=O)ONS(=O)[O-]. The van der Waals surface area contributed by atoms with Crippen LogP contribution in [0.3, 0.4) is 0 Å². The highest BCUT2D eigenvalue weighted by atomic mass is 32.2. The first-order valence-electron chi connectivity index (χ1n) is 4.20. The Kier molecular flexibility index (Phi) is 6.64. The average molecular weight is 223 g/mol. The maximum atomic E-state index is 11.2. The van der Waals surface area contributed by atoms with E-state index in [0.29, 0.717) is 12.3 Å². The van der Waals surface area contributed by atoms with Gasteiger partial charge in [-0.15, -0.1) is 0 Å². The van der Waals surface area contributed by atoms with Gasteiger partial charge in [-0.3, -0.25) is 4.21 Å². The zero-order valence-electron chi connectivity index (χ0n) is 8.40. The van der Waals surface area contributed by atoms with Crippen LogP contribution in [0, 0.1) is 5.92 Å². The van der Waals surface area contributed by atoms with Gasteiger partial charge >= 0.3 is 5.97 Å². The van der Waals surface area contributed by atoms with Gasteiger partial charge in [-0.1, -0.05) is 18.7 Å². The van der Waals surface area contributed by atoms with Crippen molar-refractivity contribution in [3.05, 3.63) is 0 Å². The van der Waals surface area contributed by atoms with Crippen molar-refractivity contribution in [3.8, 4) is 0 Å². The maximum absolute atomic E-state index is 11.2. The van der Waals surface area contributed by atoms with E-state index >= 15 is 0 Å². The van der Waals surface area contributed by atoms with Crippen LogP contribution in [0.1, 0.15) is 20.3 Å². The summed E-state index contributed by atoms with van der Waals surface area (Å²) in [7, 11) is 1.61. The van der Waals surface area contributed by atoms with E-state index in [1.807, 2.05) is 13.8 Å². The number of carbonyl (C=O) groups is 1. The Balaban J connectivity index is 3.97. The molecule has 0 amide bonds. The maximum Gasteiger partial charge on any atom is 0.342 e. The minimum atomic E-state index is -2.59. The quantitative estimate of drug-likeness (QED) is 0.466. The van der Waals surface area contributed by atoms with E-state index in [1.165, 1.54) is 0 Å². The predicted octanol–water partition coefficient (Wildman–Crippen LogP) is -0.538. The highest BCUT2D eigenvalue weighted by Gasteiger charge is 2.19. The Morgan fingerprint density at radius 2 is 2.14 bits per heavy atom. The molecule has 0 spiro atoms. The van der Waals surface area contributed by atoms with Crippen molar-refractivity contribution in [1.82, 2.24) is 10.2 Å².